The van der Waals surface area contributed by atoms with E-state index in [0.717, 1.165) is 30.5 Å². The van der Waals surface area contributed by atoms with Gasteiger partial charge in [0.15, 0.2) is 0 Å². The van der Waals surface area contributed by atoms with Gasteiger partial charge in [0, 0.05) is 12.2 Å². The molecule has 0 saturated carbocycles. The van der Waals surface area contributed by atoms with Gasteiger partial charge in [0.2, 0.25) is 15.9 Å². The minimum Gasteiger partial charge on any atom is -0.399 e. The molecule has 3 N–H and O–H groups in total. The number of hydrogen-bond acceptors (Lipinski definition) is 4. The van der Waals surface area contributed by atoms with E-state index in [1.807, 2.05) is 18.2 Å². The van der Waals surface area contributed by atoms with Crippen molar-refractivity contribution in [2.24, 2.45) is 0 Å². The number of nitrogens with zero attached hydrogens (tertiary/aromatic N) is 1. The van der Waals surface area contributed by atoms with E-state index >= 15 is 0 Å². The molecular formula is C15H22ClN3O3S. The van der Waals surface area contributed by atoms with E-state index in [9.17, 15) is 13.2 Å². The van der Waals surface area contributed by atoms with Crippen molar-refractivity contribution in [1.29, 1.82) is 0 Å². The van der Waals surface area contributed by atoms with Crippen LogP contribution in [0.2, 0.25) is 0 Å². The first kappa shape index (κ1) is 18.0. The van der Waals surface area contributed by atoms with E-state index < -0.39 is 10.0 Å². The lowest BCUT2D eigenvalue weighted by Gasteiger charge is -2.27. The number of nitrogens with one attached hydrogen (secondary N) is 1. The van der Waals surface area contributed by atoms with E-state index in [0.29, 0.717) is 13.0 Å². The summed E-state index contributed by atoms with van der Waals surface area (Å²) in [6.45, 7) is 0.358. The zero-order valence-corrected chi connectivity index (χ0v) is 14.5. The number of sulfonamides is 1. The number of carbonyl (C=O) groups is 1. The molecule has 1 amide bonds. The van der Waals surface area contributed by atoms with Crippen LogP contribution in [0.3, 0.4) is 0 Å². The Hall–Kier alpha value is -1.31. The smallest absolute Gasteiger partial charge is 0.235 e. The molecule has 1 saturated heterocycles. The Balaban J connectivity index is 0.00000192. The van der Waals surface area contributed by atoms with Crippen molar-refractivity contribution in [1.82, 2.24) is 9.62 Å². The average Bonchev–Trinajstić information content (AvgIpc) is 2.77. The van der Waals surface area contributed by atoms with Gasteiger partial charge in [-0.15, -0.1) is 12.4 Å². The van der Waals surface area contributed by atoms with Gasteiger partial charge in [0.1, 0.15) is 0 Å². The highest BCUT2D eigenvalue weighted by molar-refractivity contribution is 7.89. The molecule has 0 bridgehead atoms. The average molecular weight is 360 g/mol. The van der Waals surface area contributed by atoms with Crippen molar-refractivity contribution < 1.29 is 13.2 Å². The van der Waals surface area contributed by atoms with Crippen molar-refractivity contribution >= 4 is 34.0 Å². The van der Waals surface area contributed by atoms with Crippen LogP contribution in [0, 0.1) is 0 Å². The predicted molar refractivity (Wildman–Crippen MR) is 91.9 cm³/mol. The second-order valence-electron chi connectivity index (χ2n) is 5.97. The Morgan fingerprint density at radius 1 is 1.35 bits per heavy atom. The molecular weight excluding hydrogens is 338 g/mol. The first-order valence-electron chi connectivity index (χ1n) is 7.61. The van der Waals surface area contributed by atoms with E-state index in [1.54, 1.807) is 0 Å². The summed E-state index contributed by atoms with van der Waals surface area (Å²) in [5.41, 5.74) is 8.80. The van der Waals surface area contributed by atoms with Crippen molar-refractivity contribution in [2.45, 2.75) is 31.7 Å². The molecule has 1 unspecified atom stereocenters. The van der Waals surface area contributed by atoms with Crippen molar-refractivity contribution in [3.8, 4) is 0 Å². The molecule has 0 radical (unpaired) electrons. The van der Waals surface area contributed by atoms with Crippen molar-refractivity contribution in [3.05, 3.63) is 29.3 Å². The van der Waals surface area contributed by atoms with Crippen molar-refractivity contribution in [3.63, 3.8) is 0 Å². The Labute approximate surface area is 142 Å². The molecule has 8 heteroatoms. The maximum Gasteiger partial charge on any atom is 0.235 e. The molecule has 1 heterocycles. The van der Waals surface area contributed by atoms with Gasteiger partial charge < -0.3 is 11.1 Å². The van der Waals surface area contributed by atoms with Crippen LogP contribution in [0.4, 0.5) is 5.69 Å². The number of nitrogen functional groups attached to an aromatic ring is 1. The van der Waals surface area contributed by atoms with Crippen LogP contribution in [0.5, 0.6) is 0 Å². The normalized spacial score (nSPS) is 22.9. The van der Waals surface area contributed by atoms with Crippen LogP contribution in [0.1, 0.15) is 36.4 Å². The number of benzene rings is 1. The maximum atomic E-state index is 12.2. The minimum atomic E-state index is -3.23. The Morgan fingerprint density at radius 3 is 2.83 bits per heavy atom. The number of rotatable bonds is 3. The summed E-state index contributed by atoms with van der Waals surface area (Å²) in [6, 6.07) is 5.70. The number of fused-ring (bicyclic) bond motifs is 1. The summed E-state index contributed by atoms with van der Waals surface area (Å²) in [6.07, 6.45) is 3.42. The molecule has 2 aliphatic rings. The fourth-order valence-electron chi connectivity index (χ4n) is 3.25. The fraction of sp³-hybridized carbons (Fsp3) is 0.533. The zero-order chi connectivity index (χ0) is 15.7. The Kier molecular flexibility index (Phi) is 5.54. The van der Waals surface area contributed by atoms with Gasteiger partial charge in [0.05, 0.1) is 18.3 Å². The summed E-state index contributed by atoms with van der Waals surface area (Å²) in [4.78, 5) is 12.2. The third kappa shape index (κ3) is 3.97. The van der Waals surface area contributed by atoms with Crippen LogP contribution in [0.25, 0.3) is 0 Å². The number of halogens is 1. The lowest BCUT2D eigenvalue weighted by atomic mass is 9.87. The Morgan fingerprint density at radius 2 is 2.13 bits per heavy atom. The molecule has 0 spiro atoms. The highest BCUT2D eigenvalue weighted by Gasteiger charge is 2.31. The van der Waals surface area contributed by atoms with E-state index in [4.69, 9.17) is 5.73 Å². The highest BCUT2D eigenvalue weighted by Crippen LogP contribution is 2.31. The number of hydrogen-bond donors (Lipinski definition) is 2. The molecule has 1 aromatic rings. The largest absolute Gasteiger partial charge is 0.399 e. The first-order valence-corrected chi connectivity index (χ1v) is 9.22. The van der Waals surface area contributed by atoms with Gasteiger partial charge in [0.25, 0.3) is 0 Å². The molecule has 1 atom stereocenters. The number of carbonyl (C=O) groups excluding carboxylic acids is 1. The number of aryl methyl sites for hydroxylation is 1. The first-order chi connectivity index (χ1) is 10.5. The summed E-state index contributed by atoms with van der Waals surface area (Å²) in [5.74, 6) is -0.0913. The monoisotopic (exact) mass is 359 g/mol. The molecule has 23 heavy (non-hydrogen) atoms. The van der Waals surface area contributed by atoms with E-state index in [1.165, 1.54) is 9.87 Å². The van der Waals surface area contributed by atoms with Crippen LogP contribution in [0.15, 0.2) is 18.2 Å². The molecule has 0 aromatic heterocycles. The highest BCUT2D eigenvalue weighted by atomic mass is 35.5. The minimum absolute atomic E-state index is 0. The zero-order valence-electron chi connectivity index (χ0n) is 12.8. The quantitative estimate of drug-likeness (QED) is 0.793. The summed E-state index contributed by atoms with van der Waals surface area (Å²) >= 11 is 0. The second-order valence-corrected chi connectivity index (χ2v) is 8.06. The van der Waals surface area contributed by atoms with Gasteiger partial charge in [-0.3, -0.25) is 4.79 Å². The van der Waals surface area contributed by atoms with Crippen LogP contribution < -0.4 is 11.1 Å². The van der Waals surface area contributed by atoms with Crippen molar-refractivity contribution in [2.75, 3.05) is 24.6 Å². The standard InChI is InChI=1S/C15H21N3O3S.ClH/c16-12-5-6-13-11(9-12)3-1-4-14(13)17-15(19)10-18-7-2-8-22(18,20)21;/h5-6,9,14H,1-4,7-8,10,16H2,(H,17,19);1H. The molecule has 1 aromatic carbocycles. The topological polar surface area (TPSA) is 92.5 Å². The van der Waals surface area contributed by atoms with Gasteiger partial charge in [-0.2, -0.15) is 4.31 Å². The van der Waals surface area contributed by atoms with E-state index in [-0.39, 0.29) is 36.7 Å². The predicted octanol–water partition coefficient (Wildman–Crippen LogP) is 1.22. The third-order valence-electron chi connectivity index (χ3n) is 4.34. The molecule has 1 aliphatic heterocycles. The second kappa shape index (κ2) is 7.07. The lowest BCUT2D eigenvalue weighted by molar-refractivity contribution is -0.122. The molecule has 1 aliphatic carbocycles. The molecule has 3 rings (SSSR count). The molecule has 128 valence electrons. The van der Waals surface area contributed by atoms with E-state index in [2.05, 4.69) is 5.32 Å². The number of amides is 1. The van der Waals surface area contributed by atoms with Gasteiger partial charge in [-0.25, -0.2) is 8.42 Å². The Bertz CT molecular complexity index is 693. The summed E-state index contributed by atoms with van der Waals surface area (Å²) < 4.78 is 24.8. The van der Waals surface area contributed by atoms with Crippen LogP contribution in [-0.2, 0) is 21.2 Å². The number of nitrogens with two attached hydrogens (primary N) is 1. The summed E-state index contributed by atoms with van der Waals surface area (Å²) in [5, 5.41) is 2.97. The fourth-order valence-corrected chi connectivity index (χ4v) is 4.73. The lowest BCUT2D eigenvalue weighted by Crippen LogP contribution is -2.40. The molecule has 1 fully saturated rings. The van der Waals surface area contributed by atoms with Crippen LogP contribution >= 0.6 is 12.4 Å². The van der Waals surface area contributed by atoms with Gasteiger partial charge in [-0.1, -0.05) is 6.07 Å². The number of anilines is 1. The van der Waals surface area contributed by atoms with Gasteiger partial charge in [-0.05, 0) is 48.9 Å². The van der Waals surface area contributed by atoms with Gasteiger partial charge >= 0.3 is 0 Å². The SMILES string of the molecule is Cl.Nc1ccc2c(c1)CCCC2NC(=O)CN1CCCS1(=O)=O. The third-order valence-corrected chi connectivity index (χ3v) is 6.24. The summed E-state index contributed by atoms with van der Waals surface area (Å²) in [7, 11) is -3.23. The maximum absolute atomic E-state index is 12.2. The van der Waals surface area contributed by atoms with Crippen LogP contribution in [-0.4, -0.2) is 37.5 Å². The molecule has 6 nitrogen and oxygen atoms in total.